The second-order valence-corrected chi connectivity index (χ2v) is 24.1. The van der Waals surface area contributed by atoms with Crippen LogP contribution in [-0.4, -0.2) is 37.2 Å². The van der Waals surface area contributed by atoms with Gasteiger partial charge in [0.2, 0.25) is 0 Å². The van der Waals surface area contributed by atoms with E-state index in [1.807, 2.05) is 0 Å². The van der Waals surface area contributed by atoms with Gasteiger partial charge in [-0.1, -0.05) is 356 Å². The fraction of sp³-hybridized carbons (Fsp3) is 0.779. The number of unbranched alkanes of at least 4 members (excludes halogenated alkanes) is 41. The Morgan fingerprint density at radius 2 is 0.470 bits per heavy atom. The van der Waals surface area contributed by atoms with E-state index in [0.29, 0.717) is 19.3 Å². The molecular weight excluding hydrogens is 1020 g/mol. The highest BCUT2D eigenvalue weighted by Crippen LogP contribution is 2.18. The van der Waals surface area contributed by atoms with Crippen LogP contribution in [0.15, 0.2) is 85.1 Å². The van der Waals surface area contributed by atoms with Gasteiger partial charge in [-0.25, -0.2) is 0 Å². The quantitative estimate of drug-likeness (QED) is 0.0261. The summed E-state index contributed by atoms with van der Waals surface area (Å²) in [4.78, 5) is 38.4. The minimum atomic E-state index is -0.794. The largest absolute Gasteiger partial charge is 0.462 e. The number of esters is 3. The number of allylic oxidation sites excluding steroid dienone is 14. The summed E-state index contributed by atoms with van der Waals surface area (Å²) in [5.74, 6) is -0.899. The molecule has 0 aliphatic rings. The van der Waals surface area contributed by atoms with Crippen LogP contribution in [0.2, 0.25) is 0 Å². The van der Waals surface area contributed by atoms with Crippen LogP contribution in [0.1, 0.15) is 367 Å². The van der Waals surface area contributed by atoms with E-state index in [2.05, 4.69) is 106 Å². The molecule has 83 heavy (non-hydrogen) atoms. The zero-order valence-electron chi connectivity index (χ0n) is 55.2. The van der Waals surface area contributed by atoms with Crippen molar-refractivity contribution in [1.29, 1.82) is 0 Å². The molecule has 0 bridgehead atoms. The molecule has 1 atom stereocenters. The molecule has 480 valence electrons. The van der Waals surface area contributed by atoms with Gasteiger partial charge in [-0.2, -0.15) is 0 Å². The van der Waals surface area contributed by atoms with E-state index in [1.54, 1.807) is 0 Å². The van der Waals surface area contributed by atoms with Crippen molar-refractivity contribution in [2.75, 3.05) is 13.2 Å². The molecule has 6 nitrogen and oxygen atoms in total. The first kappa shape index (κ1) is 79.6. The standard InChI is InChI=1S/C77H136O6/c1-4-7-10-13-16-19-22-25-27-29-31-33-35-37-38-39-41-42-44-46-48-50-52-55-58-61-64-67-70-76(79)82-73-74(72-81-75(78)69-66-63-60-57-54-24-21-18-15-12-9-6-3)83-77(80)71-68-65-62-59-56-53-51-49-47-45-43-40-36-34-32-30-28-26-23-20-17-14-11-8-5-2/h8,11,17,20,26,28,32,34,40,43,47,49,53,56,74H,4-7,9-10,12-16,18-19,21-25,27,29-31,33,35-39,41-42,44-46,48,50-52,54-55,57-73H2,1-3H3/b11-8-,20-17-,28-26-,34-32-,43-40-,49-47-,56-53-. The molecule has 0 fully saturated rings. The summed E-state index contributed by atoms with van der Waals surface area (Å²) < 4.78 is 17.0. The number of rotatable bonds is 66. The molecule has 0 radical (unpaired) electrons. The maximum Gasteiger partial charge on any atom is 0.306 e. The van der Waals surface area contributed by atoms with Gasteiger partial charge in [0, 0.05) is 19.3 Å². The minimum Gasteiger partial charge on any atom is -0.462 e. The summed E-state index contributed by atoms with van der Waals surface area (Å²) >= 11 is 0. The number of ether oxygens (including phenoxy) is 3. The molecule has 0 aliphatic carbocycles. The highest BCUT2D eigenvalue weighted by atomic mass is 16.6. The molecule has 6 heteroatoms. The first-order valence-corrected chi connectivity index (χ1v) is 36.1. The fourth-order valence-corrected chi connectivity index (χ4v) is 10.5. The van der Waals surface area contributed by atoms with Gasteiger partial charge in [0.1, 0.15) is 13.2 Å². The summed E-state index contributed by atoms with van der Waals surface area (Å²) in [5.41, 5.74) is 0. The Bertz CT molecular complexity index is 1570. The van der Waals surface area contributed by atoms with Gasteiger partial charge in [0.15, 0.2) is 6.10 Å². The van der Waals surface area contributed by atoms with Crippen molar-refractivity contribution in [3.63, 3.8) is 0 Å². The van der Waals surface area contributed by atoms with Gasteiger partial charge in [-0.15, -0.1) is 0 Å². The van der Waals surface area contributed by atoms with Gasteiger partial charge in [-0.05, 0) is 77.0 Å². The van der Waals surface area contributed by atoms with E-state index in [1.165, 1.54) is 218 Å². The van der Waals surface area contributed by atoms with E-state index < -0.39 is 6.10 Å². The monoisotopic (exact) mass is 1160 g/mol. The molecule has 1 unspecified atom stereocenters. The second-order valence-electron chi connectivity index (χ2n) is 24.1. The molecule has 0 saturated heterocycles. The fourth-order valence-electron chi connectivity index (χ4n) is 10.5. The predicted molar refractivity (Wildman–Crippen MR) is 362 cm³/mol. The van der Waals surface area contributed by atoms with E-state index in [4.69, 9.17) is 14.2 Å². The Balaban J connectivity index is 4.27. The number of hydrogen-bond acceptors (Lipinski definition) is 6. The summed E-state index contributed by atoms with van der Waals surface area (Å²) in [6.45, 7) is 6.55. The molecule has 0 rings (SSSR count). The lowest BCUT2D eigenvalue weighted by Crippen LogP contribution is -2.30. The predicted octanol–water partition coefficient (Wildman–Crippen LogP) is 25.0. The van der Waals surface area contributed by atoms with Gasteiger partial charge >= 0.3 is 17.9 Å². The average Bonchev–Trinajstić information content (AvgIpc) is 3.49. The highest BCUT2D eigenvalue weighted by Gasteiger charge is 2.19. The van der Waals surface area contributed by atoms with Crippen LogP contribution < -0.4 is 0 Å². The third-order valence-corrected chi connectivity index (χ3v) is 15.9. The van der Waals surface area contributed by atoms with Crippen molar-refractivity contribution in [2.24, 2.45) is 0 Å². The lowest BCUT2D eigenvalue weighted by Gasteiger charge is -2.18. The van der Waals surface area contributed by atoms with Gasteiger partial charge in [-0.3, -0.25) is 14.4 Å². The van der Waals surface area contributed by atoms with Gasteiger partial charge in [0.25, 0.3) is 0 Å². The number of carbonyl (C=O) groups excluding carboxylic acids is 3. The molecule has 0 saturated carbocycles. The first-order valence-electron chi connectivity index (χ1n) is 36.1. The van der Waals surface area contributed by atoms with Crippen LogP contribution in [0.4, 0.5) is 0 Å². The van der Waals surface area contributed by atoms with E-state index in [9.17, 15) is 14.4 Å². The molecule has 0 heterocycles. The Hall–Kier alpha value is -3.41. The van der Waals surface area contributed by atoms with Crippen LogP contribution in [0.25, 0.3) is 0 Å². The third-order valence-electron chi connectivity index (χ3n) is 15.9. The molecule has 0 aromatic heterocycles. The van der Waals surface area contributed by atoms with Crippen molar-refractivity contribution in [2.45, 2.75) is 374 Å². The molecule has 0 aromatic carbocycles. The third kappa shape index (κ3) is 69.3. The smallest absolute Gasteiger partial charge is 0.306 e. The second kappa shape index (κ2) is 71.1. The molecule has 0 aromatic rings. The Morgan fingerprint density at radius 3 is 0.735 bits per heavy atom. The molecule has 0 N–H and O–H groups in total. The Kier molecular flexibility index (Phi) is 68.2. The summed E-state index contributed by atoms with van der Waals surface area (Å²) in [7, 11) is 0. The maximum absolute atomic E-state index is 12.9. The van der Waals surface area contributed by atoms with Crippen LogP contribution in [0, 0.1) is 0 Å². The molecule has 0 amide bonds. The van der Waals surface area contributed by atoms with E-state index >= 15 is 0 Å². The minimum absolute atomic E-state index is 0.0858. The molecular formula is C77H136O6. The molecule has 0 aliphatic heterocycles. The summed E-state index contributed by atoms with van der Waals surface area (Å²) in [5, 5.41) is 0. The Labute approximate surface area is 515 Å². The van der Waals surface area contributed by atoms with Crippen molar-refractivity contribution in [3.8, 4) is 0 Å². The number of carbonyl (C=O) groups is 3. The SMILES string of the molecule is CC/C=C\C/C=C\C/C=C\C/C=C\C/C=C\C/C=C\C/C=C\CCCCCC(=O)OC(COC(=O)CCCCCCCCCCCCCC)COC(=O)CCCCCCCCCCCCCCCCCCCCCCCCCCCCCC. The number of hydrogen-bond donors (Lipinski definition) is 0. The zero-order chi connectivity index (χ0) is 59.9. The van der Waals surface area contributed by atoms with Crippen molar-refractivity contribution >= 4 is 17.9 Å². The normalized spacial score (nSPS) is 12.6. The maximum atomic E-state index is 12.9. The van der Waals surface area contributed by atoms with Crippen molar-refractivity contribution in [1.82, 2.24) is 0 Å². The topological polar surface area (TPSA) is 78.9 Å². The van der Waals surface area contributed by atoms with Crippen LogP contribution >= 0.6 is 0 Å². The van der Waals surface area contributed by atoms with Crippen LogP contribution in [-0.2, 0) is 28.6 Å². The zero-order valence-corrected chi connectivity index (χ0v) is 55.2. The van der Waals surface area contributed by atoms with Gasteiger partial charge in [0.05, 0.1) is 0 Å². The van der Waals surface area contributed by atoms with Crippen molar-refractivity contribution < 1.29 is 28.6 Å². The highest BCUT2D eigenvalue weighted by molar-refractivity contribution is 5.71. The average molecular weight is 1160 g/mol. The lowest BCUT2D eigenvalue weighted by atomic mass is 10.0. The summed E-state index contributed by atoms with van der Waals surface area (Å²) in [6.07, 6.45) is 94.8. The summed E-state index contributed by atoms with van der Waals surface area (Å²) in [6, 6.07) is 0. The first-order chi connectivity index (χ1) is 41.0. The van der Waals surface area contributed by atoms with Crippen LogP contribution in [0.3, 0.4) is 0 Å². The van der Waals surface area contributed by atoms with E-state index in [-0.39, 0.29) is 31.1 Å². The van der Waals surface area contributed by atoms with Crippen molar-refractivity contribution in [3.05, 3.63) is 85.1 Å². The Morgan fingerprint density at radius 1 is 0.253 bits per heavy atom. The van der Waals surface area contributed by atoms with Crippen LogP contribution in [0.5, 0.6) is 0 Å². The lowest BCUT2D eigenvalue weighted by molar-refractivity contribution is -0.167. The van der Waals surface area contributed by atoms with E-state index in [0.717, 1.165) is 109 Å². The molecule has 0 spiro atoms. The van der Waals surface area contributed by atoms with Gasteiger partial charge < -0.3 is 14.2 Å².